The Bertz CT molecular complexity index is 283. The summed E-state index contributed by atoms with van der Waals surface area (Å²) in [6, 6.07) is 7.52. The van der Waals surface area contributed by atoms with E-state index < -0.39 is 0 Å². The molecule has 0 aliphatic carbocycles. The number of anilines is 1. The number of nitrogens with two attached hydrogens (primary N) is 1. The van der Waals surface area contributed by atoms with Crippen molar-refractivity contribution in [3.05, 3.63) is 29.8 Å². The van der Waals surface area contributed by atoms with E-state index in [1.165, 1.54) is 8.93 Å². The molecule has 0 spiro atoms. The monoisotopic (exact) mass is 275 g/mol. The van der Waals surface area contributed by atoms with Gasteiger partial charge in [0.15, 0.2) is 0 Å². The van der Waals surface area contributed by atoms with E-state index in [9.17, 15) is 0 Å². The van der Waals surface area contributed by atoms with E-state index in [0.717, 1.165) is 11.3 Å². The molecule has 0 bridgehead atoms. The SMILES string of the molecule is Nc1ccc(C#CSI)cc1. The molecule has 1 nitrogen and oxygen atoms in total. The average molecular weight is 275 g/mol. The van der Waals surface area contributed by atoms with Crippen LogP contribution in [-0.2, 0) is 0 Å². The Balaban J connectivity index is 2.82. The van der Waals surface area contributed by atoms with Crippen LogP contribution in [0.15, 0.2) is 24.3 Å². The zero-order valence-electron chi connectivity index (χ0n) is 5.67. The molecule has 0 fully saturated rings. The molecule has 0 saturated carbocycles. The maximum absolute atomic E-state index is 5.50. The van der Waals surface area contributed by atoms with Crippen molar-refractivity contribution in [3.8, 4) is 11.2 Å². The van der Waals surface area contributed by atoms with Gasteiger partial charge in [-0.1, -0.05) is 5.92 Å². The van der Waals surface area contributed by atoms with Gasteiger partial charge in [0.05, 0.1) is 0 Å². The first-order chi connectivity index (χ1) is 5.33. The Morgan fingerprint density at radius 1 is 1.27 bits per heavy atom. The van der Waals surface area contributed by atoms with Gasteiger partial charge >= 0.3 is 0 Å². The van der Waals surface area contributed by atoms with Crippen LogP contribution >= 0.6 is 30.1 Å². The molecular weight excluding hydrogens is 269 g/mol. The summed E-state index contributed by atoms with van der Waals surface area (Å²) in [6.07, 6.45) is 0. The van der Waals surface area contributed by atoms with Crippen LogP contribution in [0.3, 0.4) is 0 Å². The largest absolute Gasteiger partial charge is 0.399 e. The highest BCUT2D eigenvalue weighted by Gasteiger charge is 1.84. The molecule has 0 unspecified atom stereocenters. The molecule has 0 aliphatic heterocycles. The van der Waals surface area contributed by atoms with Gasteiger partial charge in [0.25, 0.3) is 0 Å². The maximum atomic E-state index is 5.50. The third-order valence-corrected chi connectivity index (χ3v) is 1.98. The van der Waals surface area contributed by atoms with Crippen LogP contribution in [0.5, 0.6) is 0 Å². The van der Waals surface area contributed by atoms with Gasteiger partial charge in [-0.3, -0.25) is 0 Å². The van der Waals surface area contributed by atoms with E-state index in [-0.39, 0.29) is 0 Å². The average Bonchev–Trinajstić information content (AvgIpc) is 2.04. The van der Waals surface area contributed by atoms with Crippen molar-refractivity contribution >= 4 is 35.8 Å². The van der Waals surface area contributed by atoms with Crippen LogP contribution < -0.4 is 5.73 Å². The van der Waals surface area contributed by atoms with E-state index in [1.54, 1.807) is 0 Å². The number of nitrogen functional groups attached to an aromatic ring is 1. The lowest BCUT2D eigenvalue weighted by Gasteiger charge is -1.90. The fourth-order valence-corrected chi connectivity index (χ4v) is 1.13. The molecule has 0 aliphatic rings. The molecule has 1 aromatic rings. The minimum Gasteiger partial charge on any atom is -0.399 e. The topological polar surface area (TPSA) is 26.0 Å². The fourth-order valence-electron chi connectivity index (χ4n) is 0.645. The van der Waals surface area contributed by atoms with Crippen LogP contribution in [0, 0.1) is 11.2 Å². The smallest absolute Gasteiger partial charge is 0.0314 e. The molecule has 0 saturated heterocycles. The Hall–Kier alpha value is -0.340. The minimum atomic E-state index is 0.776. The Morgan fingerprint density at radius 3 is 2.45 bits per heavy atom. The lowest BCUT2D eigenvalue weighted by Crippen LogP contribution is -1.82. The van der Waals surface area contributed by atoms with Crippen molar-refractivity contribution in [2.45, 2.75) is 0 Å². The third kappa shape index (κ3) is 3.04. The van der Waals surface area contributed by atoms with Crippen LogP contribution in [0.25, 0.3) is 0 Å². The second kappa shape index (κ2) is 4.52. The van der Waals surface area contributed by atoms with Gasteiger partial charge in [-0.25, -0.2) is 0 Å². The molecule has 2 N–H and O–H groups in total. The highest BCUT2D eigenvalue weighted by molar-refractivity contribution is 14.2. The molecule has 1 aromatic carbocycles. The van der Waals surface area contributed by atoms with Gasteiger partial charge in [0.2, 0.25) is 0 Å². The summed E-state index contributed by atoms with van der Waals surface area (Å²) in [5.74, 6) is 2.97. The summed E-state index contributed by atoms with van der Waals surface area (Å²) in [5.41, 5.74) is 7.28. The molecule has 0 atom stereocenters. The zero-order chi connectivity index (χ0) is 8.10. The molecule has 3 heteroatoms. The second-order valence-electron chi connectivity index (χ2n) is 1.93. The molecule has 0 heterocycles. The fraction of sp³-hybridized carbons (Fsp3) is 0. The molecular formula is C8H6INS. The van der Waals surface area contributed by atoms with Crippen LogP contribution in [0.2, 0.25) is 0 Å². The molecule has 0 radical (unpaired) electrons. The van der Waals surface area contributed by atoms with Crippen LogP contribution in [0.1, 0.15) is 5.56 Å². The Kier molecular flexibility index (Phi) is 3.60. The lowest BCUT2D eigenvalue weighted by molar-refractivity contribution is 1.64. The quantitative estimate of drug-likeness (QED) is 0.447. The Labute approximate surface area is 82.3 Å². The lowest BCUT2D eigenvalue weighted by atomic mass is 10.2. The standard InChI is InChI=1S/C8H6INS/c9-11-6-5-7-1-3-8(10)4-2-7/h1-4H,10H2. The molecule has 1 rings (SSSR count). The number of hydrogen-bond acceptors (Lipinski definition) is 2. The summed E-state index contributed by atoms with van der Waals surface area (Å²) >= 11 is 2.14. The van der Waals surface area contributed by atoms with Crippen molar-refractivity contribution in [2.75, 3.05) is 5.73 Å². The van der Waals surface area contributed by atoms with Gasteiger partial charge in [-0.2, -0.15) is 0 Å². The molecule has 0 aromatic heterocycles. The van der Waals surface area contributed by atoms with E-state index in [1.807, 2.05) is 24.3 Å². The summed E-state index contributed by atoms with van der Waals surface area (Å²) in [7, 11) is 1.48. The molecule has 11 heavy (non-hydrogen) atoms. The highest BCUT2D eigenvalue weighted by Crippen LogP contribution is 2.09. The summed E-state index contributed by atoms with van der Waals surface area (Å²) in [4.78, 5) is 0. The zero-order valence-corrected chi connectivity index (χ0v) is 8.65. The van der Waals surface area contributed by atoms with Crippen LogP contribution in [-0.4, -0.2) is 0 Å². The van der Waals surface area contributed by atoms with Gasteiger partial charge in [-0.05, 0) is 38.5 Å². The Morgan fingerprint density at radius 2 is 1.91 bits per heavy atom. The minimum absolute atomic E-state index is 0.776. The van der Waals surface area contributed by atoms with E-state index in [4.69, 9.17) is 5.73 Å². The molecule has 56 valence electrons. The predicted molar refractivity (Wildman–Crippen MR) is 59.3 cm³/mol. The summed E-state index contributed by atoms with van der Waals surface area (Å²) in [6.45, 7) is 0. The normalized spacial score (nSPS) is 8.45. The van der Waals surface area contributed by atoms with Crippen molar-refractivity contribution < 1.29 is 0 Å². The van der Waals surface area contributed by atoms with Crippen molar-refractivity contribution in [1.29, 1.82) is 0 Å². The van der Waals surface area contributed by atoms with E-state index in [0.29, 0.717) is 0 Å². The van der Waals surface area contributed by atoms with Gasteiger partial charge in [0.1, 0.15) is 0 Å². The first-order valence-corrected chi connectivity index (χ1v) is 6.33. The van der Waals surface area contributed by atoms with Crippen molar-refractivity contribution in [1.82, 2.24) is 0 Å². The summed E-state index contributed by atoms with van der Waals surface area (Å²) < 4.78 is 0. The van der Waals surface area contributed by atoms with Gasteiger partial charge < -0.3 is 5.73 Å². The van der Waals surface area contributed by atoms with E-state index in [2.05, 4.69) is 32.4 Å². The maximum Gasteiger partial charge on any atom is 0.0314 e. The number of benzene rings is 1. The highest BCUT2D eigenvalue weighted by atomic mass is 127. The first kappa shape index (κ1) is 8.75. The van der Waals surface area contributed by atoms with Gasteiger partial charge in [-0.15, -0.1) is 0 Å². The van der Waals surface area contributed by atoms with Crippen molar-refractivity contribution in [3.63, 3.8) is 0 Å². The number of rotatable bonds is 0. The number of halogens is 1. The van der Waals surface area contributed by atoms with Gasteiger partial charge in [0, 0.05) is 32.5 Å². The van der Waals surface area contributed by atoms with Crippen LogP contribution in [0.4, 0.5) is 5.69 Å². The number of hydrogen-bond donors (Lipinski definition) is 1. The molecule has 0 amide bonds. The van der Waals surface area contributed by atoms with Crippen molar-refractivity contribution in [2.24, 2.45) is 0 Å². The predicted octanol–water partition coefficient (Wildman–Crippen LogP) is 2.66. The van der Waals surface area contributed by atoms with E-state index >= 15 is 0 Å². The first-order valence-electron chi connectivity index (χ1n) is 2.97. The summed E-state index contributed by atoms with van der Waals surface area (Å²) in [5, 5.41) is 2.90. The second-order valence-corrected chi connectivity index (χ2v) is 3.61. The third-order valence-electron chi connectivity index (χ3n) is 1.14.